The maximum Gasteiger partial charge on any atom is 0.326 e. The van der Waals surface area contributed by atoms with Crippen molar-refractivity contribution in [2.24, 2.45) is 0 Å². The molecule has 0 bridgehead atoms. The fourth-order valence-electron chi connectivity index (χ4n) is 1.25. The Balaban J connectivity index is 1.78. The average molecular weight is 300 g/mol. The van der Waals surface area contributed by atoms with E-state index < -0.39 is 0 Å². The molecule has 6 heteroatoms. The van der Waals surface area contributed by atoms with Gasteiger partial charge in [0, 0.05) is 23.8 Å². The highest BCUT2D eigenvalue weighted by molar-refractivity contribution is 9.11. The van der Waals surface area contributed by atoms with Crippen molar-refractivity contribution in [1.29, 1.82) is 0 Å². The number of hydrogen-bond acceptors (Lipinski definition) is 3. The van der Waals surface area contributed by atoms with Gasteiger partial charge in [0.05, 0.1) is 3.79 Å². The van der Waals surface area contributed by atoms with Gasteiger partial charge < -0.3 is 5.32 Å². The van der Waals surface area contributed by atoms with E-state index in [2.05, 4.69) is 32.3 Å². The minimum absolute atomic E-state index is 0.145. The Hall–Kier alpha value is -1.14. The molecule has 16 heavy (non-hydrogen) atoms. The molecule has 0 aromatic carbocycles. The molecule has 0 saturated heterocycles. The number of aromatic nitrogens is 2. The highest BCUT2D eigenvalue weighted by atomic mass is 79.9. The summed E-state index contributed by atoms with van der Waals surface area (Å²) in [6, 6.07) is 3.92. The zero-order chi connectivity index (χ0) is 11.4. The van der Waals surface area contributed by atoms with Crippen molar-refractivity contribution in [3.05, 3.63) is 39.5 Å². The van der Waals surface area contributed by atoms with Crippen LogP contribution in [0.25, 0.3) is 0 Å². The standard InChI is InChI=1S/C10H10BrN3OS/c11-9-2-1-8(16-9)3-4-13-10(15)14-6-5-12-7-14/h1-2,5-7H,3-4H2,(H,13,15). The van der Waals surface area contributed by atoms with E-state index in [4.69, 9.17) is 0 Å². The first-order valence-corrected chi connectivity index (χ1v) is 6.37. The number of imidazole rings is 1. The van der Waals surface area contributed by atoms with Gasteiger partial charge in [0.25, 0.3) is 0 Å². The van der Waals surface area contributed by atoms with Gasteiger partial charge in [-0.3, -0.25) is 4.57 Å². The fourth-order valence-corrected chi connectivity index (χ4v) is 2.73. The van der Waals surface area contributed by atoms with Crippen LogP contribution in [-0.2, 0) is 6.42 Å². The van der Waals surface area contributed by atoms with Crippen LogP contribution in [0.5, 0.6) is 0 Å². The summed E-state index contributed by atoms with van der Waals surface area (Å²) in [6.45, 7) is 0.629. The number of nitrogens with one attached hydrogen (secondary N) is 1. The molecule has 1 amide bonds. The Morgan fingerprint density at radius 2 is 2.44 bits per heavy atom. The quantitative estimate of drug-likeness (QED) is 0.946. The van der Waals surface area contributed by atoms with Gasteiger partial charge in [-0.25, -0.2) is 9.78 Å². The van der Waals surface area contributed by atoms with E-state index in [0.29, 0.717) is 6.54 Å². The topological polar surface area (TPSA) is 46.9 Å². The van der Waals surface area contributed by atoms with Crippen LogP contribution in [0.1, 0.15) is 4.88 Å². The van der Waals surface area contributed by atoms with E-state index in [1.54, 1.807) is 23.7 Å². The van der Waals surface area contributed by atoms with Crippen molar-refractivity contribution in [3.63, 3.8) is 0 Å². The molecule has 2 heterocycles. The Labute approximate surface area is 105 Å². The minimum atomic E-state index is -0.145. The molecule has 0 aliphatic rings. The summed E-state index contributed by atoms with van der Waals surface area (Å²) in [5.74, 6) is 0. The van der Waals surface area contributed by atoms with Crippen LogP contribution in [0.4, 0.5) is 4.79 Å². The molecule has 0 aliphatic heterocycles. The smallest absolute Gasteiger partial charge is 0.326 e. The molecule has 0 aliphatic carbocycles. The summed E-state index contributed by atoms with van der Waals surface area (Å²) in [7, 11) is 0. The number of hydrogen-bond donors (Lipinski definition) is 1. The van der Waals surface area contributed by atoms with Crippen molar-refractivity contribution in [3.8, 4) is 0 Å². The maximum absolute atomic E-state index is 11.5. The van der Waals surface area contributed by atoms with Crippen molar-refractivity contribution in [2.75, 3.05) is 6.54 Å². The van der Waals surface area contributed by atoms with E-state index in [1.165, 1.54) is 15.8 Å². The molecule has 0 saturated carbocycles. The van der Waals surface area contributed by atoms with Gasteiger partial charge in [-0.2, -0.15) is 0 Å². The van der Waals surface area contributed by atoms with Gasteiger partial charge in [-0.05, 0) is 34.5 Å². The summed E-state index contributed by atoms with van der Waals surface area (Å²) in [5.41, 5.74) is 0. The van der Waals surface area contributed by atoms with Crippen LogP contribution in [0, 0.1) is 0 Å². The second kappa shape index (κ2) is 5.27. The van der Waals surface area contributed by atoms with E-state index in [9.17, 15) is 4.79 Å². The molecular formula is C10H10BrN3OS. The Morgan fingerprint density at radius 1 is 1.56 bits per heavy atom. The Morgan fingerprint density at radius 3 is 3.06 bits per heavy atom. The molecule has 2 aromatic rings. The van der Waals surface area contributed by atoms with Crippen molar-refractivity contribution >= 4 is 33.3 Å². The molecule has 0 fully saturated rings. The molecule has 0 radical (unpaired) electrons. The lowest BCUT2D eigenvalue weighted by molar-refractivity contribution is 0.242. The zero-order valence-corrected chi connectivity index (χ0v) is 10.8. The van der Waals surface area contributed by atoms with Crippen molar-refractivity contribution in [2.45, 2.75) is 6.42 Å². The van der Waals surface area contributed by atoms with Crippen molar-refractivity contribution in [1.82, 2.24) is 14.9 Å². The van der Waals surface area contributed by atoms with Gasteiger partial charge in [-0.1, -0.05) is 0 Å². The number of carbonyl (C=O) groups excluding carboxylic acids is 1. The second-order valence-corrected chi connectivity index (χ2v) is 5.71. The van der Waals surface area contributed by atoms with Gasteiger partial charge >= 0.3 is 6.03 Å². The first-order valence-electron chi connectivity index (χ1n) is 4.76. The maximum atomic E-state index is 11.5. The first kappa shape index (κ1) is 11.3. The van der Waals surface area contributed by atoms with Crippen LogP contribution in [0.15, 0.2) is 34.6 Å². The molecule has 0 unspecified atom stereocenters. The number of carbonyl (C=O) groups is 1. The summed E-state index contributed by atoms with van der Waals surface area (Å²) < 4.78 is 2.54. The number of thiophene rings is 1. The molecule has 2 aromatic heterocycles. The van der Waals surface area contributed by atoms with Crippen LogP contribution >= 0.6 is 27.3 Å². The van der Waals surface area contributed by atoms with E-state index >= 15 is 0 Å². The third-order valence-electron chi connectivity index (χ3n) is 2.02. The normalized spacial score (nSPS) is 10.3. The number of rotatable bonds is 3. The Kier molecular flexibility index (Phi) is 3.74. The molecule has 0 atom stereocenters. The highest BCUT2D eigenvalue weighted by Crippen LogP contribution is 2.21. The van der Waals surface area contributed by atoms with Crippen LogP contribution in [0.2, 0.25) is 0 Å². The predicted molar refractivity (Wildman–Crippen MR) is 66.7 cm³/mol. The third-order valence-corrected chi connectivity index (χ3v) is 3.70. The average Bonchev–Trinajstić information content (AvgIpc) is 2.89. The van der Waals surface area contributed by atoms with Crippen LogP contribution in [-0.4, -0.2) is 22.1 Å². The summed E-state index contributed by atoms with van der Waals surface area (Å²) in [6.07, 6.45) is 5.53. The van der Waals surface area contributed by atoms with E-state index in [-0.39, 0.29) is 6.03 Å². The summed E-state index contributed by atoms with van der Waals surface area (Å²) in [5, 5.41) is 2.82. The molecular weight excluding hydrogens is 290 g/mol. The zero-order valence-electron chi connectivity index (χ0n) is 8.39. The van der Waals surface area contributed by atoms with Gasteiger partial charge in [0.2, 0.25) is 0 Å². The molecule has 0 spiro atoms. The lowest BCUT2D eigenvalue weighted by atomic mass is 10.3. The number of nitrogens with zero attached hydrogens (tertiary/aromatic N) is 2. The predicted octanol–water partition coefficient (Wildman–Crippen LogP) is 2.51. The van der Waals surface area contributed by atoms with E-state index in [0.717, 1.165) is 10.2 Å². The lowest BCUT2D eigenvalue weighted by Gasteiger charge is -2.03. The largest absolute Gasteiger partial charge is 0.337 e. The monoisotopic (exact) mass is 299 g/mol. The van der Waals surface area contributed by atoms with E-state index in [1.807, 2.05) is 6.07 Å². The third kappa shape index (κ3) is 2.93. The van der Waals surface area contributed by atoms with Gasteiger partial charge in [0.15, 0.2) is 0 Å². The molecule has 1 N–H and O–H groups in total. The summed E-state index contributed by atoms with van der Waals surface area (Å²) in [4.78, 5) is 16.6. The first-order chi connectivity index (χ1) is 7.75. The Bertz CT molecular complexity index is 466. The number of halogens is 1. The second-order valence-electron chi connectivity index (χ2n) is 3.16. The number of amides is 1. The van der Waals surface area contributed by atoms with Crippen molar-refractivity contribution < 1.29 is 4.79 Å². The molecule has 4 nitrogen and oxygen atoms in total. The van der Waals surface area contributed by atoms with Crippen LogP contribution in [0.3, 0.4) is 0 Å². The van der Waals surface area contributed by atoms with Gasteiger partial charge in [0.1, 0.15) is 6.33 Å². The highest BCUT2D eigenvalue weighted by Gasteiger charge is 2.03. The van der Waals surface area contributed by atoms with Gasteiger partial charge in [-0.15, -0.1) is 11.3 Å². The van der Waals surface area contributed by atoms with Crippen LogP contribution < -0.4 is 5.32 Å². The fraction of sp³-hybridized carbons (Fsp3) is 0.200. The molecule has 2 rings (SSSR count). The summed E-state index contributed by atoms with van der Waals surface area (Å²) >= 11 is 5.09. The lowest BCUT2D eigenvalue weighted by Crippen LogP contribution is -2.29. The SMILES string of the molecule is O=C(NCCc1ccc(Br)s1)n1ccnc1. The molecule has 84 valence electrons. The minimum Gasteiger partial charge on any atom is -0.337 e.